The SMILES string of the molecule is O=C(O)N1C2CC=CC=C2C=C2CCCC21. The van der Waals surface area contributed by atoms with Crippen molar-refractivity contribution < 1.29 is 9.90 Å². The standard InChI is InChI=1S/C13H15NO2/c15-13(16)14-11-6-2-1-4-9(11)8-10-5-3-7-12(10)14/h1-2,4,8,11-12H,3,5-7H2,(H,15,16). The fraction of sp³-hybridized carbons (Fsp3) is 0.462. The van der Waals surface area contributed by atoms with Crippen LogP contribution in [0.4, 0.5) is 4.79 Å². The van der Waals surface area contributed by atoms with Crippen LogP contribution in [0.5, 0.6) is 0 Å². The summed E-state index contributed by atoms with van der Waals surface area (Å²) in [7, 11) is 0. The first kappa shape index (κ1) is 9.70. The molecule has 1 N–H and O–H groups in total. The van der Waals surface area contributed by atoms with Crippen LogP contribution in [0.15, 0.2) is 35.5 Å². The van der Waals surface area contributed by atoms with Crippen LogP contribution in [-0.2, 0) is 0 Å². The highest BCUT2D eigenvalue weighted by atomic mass is 16.4. The Bertz CT molecular complexity index is 420. The molecule has 3 heteroatoms. The molecule has 0 aromatic carbocycles. The molecule has 0 radical (unpaired) electrons. The van der Waals surface area contributed by atoms with Gasteiger partial charge in [0.25, 0.3) is 0 Å². The average molecular weight is 217 g/mol. The molecule has 3 rings (SSSR count). The van der Waals surface area contributed by atoms with Crippen LogP contribution in [0.3, 0.4) is 0 Å². The number of amides is 1. The van der Waals surface area contributed by atoms with Crippen LogP contribution >= 0.6 is 0 Å². The molecule has 0 aromatic rings. The van der Waals surface area contributed by atoms with E-state index in [9.17, 15) is 9.90 Å². The zero-order valence-corrected chi connectivity index (χ0v) is 9.10. The van der Waals surface area contributed by atoms with Crippen molar-refractivity contribution in [2.24, 2.45) is 0 Å². The van der Waals surface area contributed by atoms with Crippen molar-refractivity contribution in [1.29, 1.82) is 0 Å². The molecule has 0 bridgehead atoms. The Morgan fingerprint density at radius 3 is 3.12 bits per heavy atom. The molecule has 1 heterocycles. The minimum absolute atomic E-state index is 0.0503. The van der Waals surface area contributed by atoms with Gasteiger partial charge in [-0.2, -0.15) is 0 Å². The van der Waals surface area contributed by atoms with Crippen molar-refractivity contribution in [2.45, 2.75) is 37.8 Å². The quantitative estimate of drug-likeness (QED) is 0.677. The maximum atomic E-state index is 11.4. The summed E-state index contributed by atoms with van der Waals surface area (Å²) in [4.78, 5) is 13.1. The monoisotopic (exact) mass is 217 g/mol. The molecule has 16 heavy (non-hydrogen) atoms. The summed E-state index contributed by atoms with van der Waals surface area (Å²) in [6.07, 6.45) is 11.6. The van der Waals surface area contributed by atoms with Crippen molar-refractivity contribution in [3.05, 3.63) is 35.5 Å². The number of hydrogen-bond acceptors (Lipinski definition) is 1. The lowest BCUT2D eigenvalue weighted by atomic mass is 9.88. The van der Waals surface area contributed by atoms with E-state index in [-0.39, 0.29) is 12.1 Å². The summed E-state index contributed by atoms with van der Waals surface area (Å²) in [5.41, 5.74) is 2.47. The summed E-state index contributed by atoms with van der Waals surface area (Å²) < 4.78 is 0. The Morgan fingerprint density at radius 2 is 2.31 bits per heavy atom. The van der Waals surface area contributed by atoms with Gasteiger partial charge in [0.15, 0.2) is 0 Å². The normalized spacial score (nSPS) is 31.6. The lowest BCUT2D eigenvalue weighted by Gasteiger charge is -2.40. The van der Waals surface area contributed by atoms with Gasteiger partial charge in [-0.15, -0.1) is 0 Å². The van der Waals surface area contributed by atoms with E-state index in [1.807, 2.05) is 12.2 Å². The number of fused-ring (bicyclic) bond motifs is 2. The van der Waals surface area contributed by atoms with Crippen LogP contribution in [0.2, 0.25) is 0 Å². The van der Waals surface area contributed by atoms with Gasteiger partial charge >= 0.3 is 6.09 Å². The average Bonchev–Trinajstić information content (AvgIpc) is 2.72. The number of allylic oxidation sites excluding steroid dienone is 2. The molecule has 3 aliphatic rings. The summed E-state index contributed by atoms with van der Waals surface area (Å²) in [6, 6.07) is 0.195. The van der Waals surface area contributed by atoms with E-state index in [1.165, 1.54) is 5.57 Å². The smallest absolute Gasteiger partial charge is 0.408 e. The summed E-state index contributed by atoms with van der Waals surface area (Å²) in [5.74, 6) is 0. The lowest BCUT2D eigenvalue weighted by molar-refractivity contribution is 0.114. The van der Waals surface area contributed by atoms with Gasteiger partial charge in [-0.3, -0.25) is 4.90 Å². The van der Waals surface area contributed by atoms with Crippen LogP contribution in [0, 0.1) is 0 Å². The maximum absolute atomic E-state index is 11.4. The van der Waals surface area contributed by atoms with E-state index in [0.29, 0.717) is 0 Å². The van der Waals surface area contributed by atoms with Gasteiger partial charge in [0.2, 0.25) is 0 Å². The second kappa shape index (κ2) is 3.51. The fourth-order valence-electron chi connectivity index (χ4n) is 3.09. The van der Waals surface area contributed by atoms with Crippen molar-refractivity contribution in [3.63, 3.8) is 0 Å². The van der Waals surface area contributed by atoms with Crippen LogP contribution in [-0.4, -0.2) is 28.2 Å². The van der Waals surface area contributed by atoms with Crippen molar-refractivity contribution in [1.82, 2.24) is 4.90 Å². The molecule has 1 saturated carbocycles. The summed E-state index contributed by atoms with van der Waals surface area (Å²) >= 11 is 0. The molecule has 3 nitrogen and oxygen atoms in total. The third-order valence-electron chi connectivity index (χ3n) is 3.78. The maximum Gasteiger partial charge on any atom is 0.408 e. The zero-order chi connectivity index (χ0) is 11.1. The minimum Gasteiger partial charge on any atom is -0.465 e. The van der Waals surface area contributed by atoms with Gasteiger partial charge in [-0.1, -0.05) is 24.3 Å². The number of carboxylic acid groups (broad SMARTS) is 1. The second-order valence-electron chi connectivity index (χ2n) is 4.66. The van der Waals surface area contributed by atoms with E-state index in [4.69, 9.17) is 0 Å². The van der Waals surface area contributed by atoms with Crippen LogP contribution in [0.1, 0.15) is 25.7 Å². The van der Waals surface area contributed by atoms with E-state index in [2.05, 4.69) is 12.2 Å². The molecule has 0 aromatic heterocycles. The molecular formula is C13H15NO2. The van der Waals surface area contributed by atoms with Crippen molar-refractivity contribution in [3.8, 4) is 0 Å². The Balaban J connectivity index is 2.05. The van der Waals surface area contributed by atoms with Gasteiger partial charge < -0.3 is 5.11 Å². The first-order chi connectivity index (χ1) is 7.77. The van der Waals surface area contributed by atoms with Crippen LogP contribution < -0.4 is 0 Å². The second-order valence-corrected chi connectivity index (χ2v) is 4.66. The molecule has 0 saturated heterocycles. The van der Waals surface area contributed by atoms with E-state index >= 15 is 0 Å². The van der Waals surface area contributed by atoms with Crippen molar-refractivity contribution >= 4 is 6.09 Å². The van der Waals surface area contributed by atoms with Gasteiger partial charge in [0, 0.05) is 0 Å². The first-order valence-electron chi connectivity index (χ1n) is 5.86. The molecule has 2 atom stereocenters. The van der Waals surface area contributed by atoms with E-state index < -0.39 is 6.09 Å². The van der Waals surface area contributed by atoms with Gasteiger partial charge in [0.05, 0.1) is 12.1 Å². The van der Waals surface area contributed by atoms with Gasteiger partial charge in [-0.05, 0) is 36.8 Å². The summed E-state index contributed by atoms with van der Waals surface area (Å²) in [5, 5.41) is 9.37. The summed E-state index contributed by atoms with van der Waals surface area (Å²) in [6.45, 7) is 0. The highest BCUT2D eigenvalue weighted by molar-refractivity contribution is 5.69. The first-order valence-corrected chi connectivity index (χ1v) is 5.86. The molecule has 0 spiro atoms. The van der Waals surface area contributed by atoms with E-state index in [0.717, 1.165) is 31.3 Å². The lowest BCUT2D eigenvalue weighted by Crippen LogP contribution is -2.49. The largest absolute Gasteiger partial charge is 0.465 e. The van der Waals surface area contributed by atoms with Gasteiger partial charge in [0.1, 0.15) is 0 Å². The number of nitrogens with zero attached hydrogens (tertiary/aromatic N) is 1. The van der Waals surface area contributed by atoms with Crippen LogP contribution in [0.25, 0.3) is 0 Å². The van der Waals surface area contributed by atoms with Crippen molar-refractivity contribution in [2.75, 3.05) is 0 Å². The third-order valence-corrected chi connectivity index (χ3v) is 3.78. The number of rotatable bonds is 0. The molecule has 2 aliphatic carbocycles. The predicted octanol–water partition coefficient (Wildman–Crippen LogP) is 2.71. The molecular weight excluding hydrogens is 202 g/mol. The fourth-order valence-corrected chi connectivity index (χ4v) is 3.09. The van der Waals surface area contributed by atoms with Gasteiger partial charge in [-0.25, -0.2) is 4.79 Å². The predicted molar refractivity (Wildman–Crippen MR) is 61.2 cm³/mol. The topological polar surface area (TPSA) is 40.5 Å². The number of hydrogen-bond donors (Lipinski definition) is 1. The molecule has 1 amide bonds. The minimum atomic E-state index is -0.774. The molecule has 1 fully saturated rings. The Labute approximate surface area is 94.7 Å². The highest BCUT2D eigenvalue weighted by Crippen LogP contribution is 2.39. The Hall–Kier alpha value is -1.51. The molecule has 84 valence electrons. The zero-order valence-electron chi connectivity index (χ0n) is 9.10. The molecule has 2 unspecified atom stereocenters. The Morgan fingerprint density at radius 1 is 1.44 bits per heavy atom. The highest BCUT2D eigenvalue weighted by Gasteiger charge is 2.39. The van der Waals surface area contributed by atoms with E-state index in [1.54, 1.807) is 4.90 Å². The third kappa shape index (κ3) is 1.31. The number of carbonyl (C=O) groups is 1. The molecule has 1 aliphatic heterocycles. The Kier molecular flexibility index (Phi) is 2.13.